The van der Waals surface area contributed by atoms with Gasteiger partial charge in [0, 0.05) is 6.54 Å². The Morgan fingerprint density at radius 1 is 1.62 bits per heavy atom. The Kier molecular flexibility index (Phi) is 3.58. The number of aliphatic hydroxyl groups is 1. The van der Waals surface area contributed by atoms with Gasteiger partial charge in [-0.2, -0.15) is 0 Å². The number of halogens is 1. The molecule has 1 saturated heterocycles. The summed E-state index contributed by atoms with van der Waals surface area (Å²) in [4.78, 5) is 10.5. The molecule has 0 bridgehead atoms. The van der Waals surface area contributed by atoms with E-state index in [2.05, 4.69) is 9.97 Å². The normalized spacial score (nSPS) is 21.2. The highest BCUT2D eigenvalue weighted by Gasteiger charge is 2.21. The summed E-state index contributed by atoms with van der Waals surface area (Å²) in [6.07, 6.45) is 0. The topological polar surface area (TPSA) is 58.5 Å². The van der Waals surface area contributed by atoms with Gasteiger partial charge in [-0.3, -0.25) is 0 Å². The summed E-state index contributed by atoms with van der Waals surface area (Å²) in [5.74, 6) is 0.562. The molecular formula is C10H14ClN3O2. The number of hydrogen-bond acceptors (Lipinski definition) is 5. The molecule has 0 aromatic carbocycles. The number of aliphatic hydroxyl groups excluding tert-OH is 1. The highest BCUT2D eigenvalue weighted by atomic mass is 35.5. The van der Waals surface area contributed by atoms with Gasteiger partial charge in [0.1, 0.15) is 5.15 Å². The molecule has 0 amide bonds. The Labute approximate surface area is 99.0 Å². The first kappa shape index (κ1) is 11.6. The van der Waals surface area contributed by atoms with Crippen LogP contribution in [-0.4, -0.2) is 40.9 Å². The average Bonchev–Trinajstić information content (AvgIpc) is 2.28. The highest BCUT2D eigenvalue weighted by Crippen LogP contribution is 2.18. The number of rotatable bonds is 2. The molecule has 1 atom stereocenters. The van der Waals surface area contributed by atoms with E-state index in [0.717, 1.165) is 6.54 Å². The Balaban J connectivity index is 2.27. The van der Waals surface area contributed by atoms with Crippen molar-refractivity contribution in [2.45, 2.75) is 19.6 Å². The van der Waals surface area contributed by atoms with Crippen molar-refractivity contribution in [3.8, 4) is 0 Å². The van der Waals surface area contributed by atoms with Crippen LogP contribution < -0.4 is 4.90 Å². The molecule has 1 aliphatic heterocycles. The van der Waals surface area contributed by atoms with Crippen LogP contribution in [0.4, 0.5) is 5.95 Å². The summed E-state index contributed by atoms with van der Waals surface area (Å²) in [6.45, 7) is 3.97. The van der Waals surface area contributed by atoms with Crippen LogP contribution in [0.3, 0.4) is 0 Å². The predicted octanol–water partition coefficient (Wildman–Crippen LogP) is 0.847. The molecule has 2 heterocycles. The van der Waals surface area contributed by atoms with Gasteiger partial charge in [0.2, 0.25) is 5.95 Å². The summed E-state index contributed by atoms with van der Waals surface area (Å²) in [5, 5.41) is 9.41. The minimum atomic E-state index is -0.131. The fourth-order valence-electron chi connectivity index (χ4n) is 1.68. The zero-order chi connectivity index (χ0) is 11.5. The van der Waals surface area contributed by atoms with Gasteiger partial charge < -0.3 is 14.7 Å². The second-order valence-electron chi connectivity index (χ2n) is 3.76. The van der Waals surface area contributed by atoms with E-state index in [1.165, 1.54) is 0 Å². The number of aromatic nitrogens is 2. The molecule has 1 aromatic heterocycles. The zero-order valence-corrected chi connectivity index (χ0v) is 9.81. The molecule has 5 nitrogen and oxygen atoms in total. The predicted molar refractivity (Wildman–Crippen MR) is 60.6 cm³/mol. The van der Waals surface area contributed by atoms with Crippen molar-refractivity contribution in [1.29, 1.82) is 0 Å². The SMILES string of the molecule is C[C@H]1COCCN1c1nc(Cl)cc(CO)n1. The lowest BCUT2D eigenvalue weighted by Gasteiger charge is -2.33. The van der Waals surface area contributed by atoms with Gasteiger partial charge in [0.15, 0.2) is 0 Å². The quantitative estimate of drug-likeness (QED) is 0.781. The van der Waals surface area contributed by atoms with Crippen LogP contribution in [-0.2, 0) is 11.3 Å². The van der Waals surface area contributed by atoms with Crippen molar-refractivity contribution in [2.24, 2.45) is 0 Å². The van der Waals surface area contributed by atoms with Crippen LogP contribution in [0.15, 0.2) is 6.07 Å². The van der Waals surface area contributed by atoms with Crippen LogP contribution in [0.25, 0.3) is 0 Å². The van der Waals surface area contributed by atoms with E-state index in [1.807, 2.05) is 11.8 Å². The molecule has 1 aliphatic rings. The Morgan fingerprint density at radius 3 is 3.12 bits per heavy atom. The summed E-state index contributed by atoms with van der Waals surface area (Å²) >= 11 is 5.88. The van der Waals surface area contributed by atoms with E-state index in [1.54, 1.807) is 6.07 Å². The molecule has 1 N–H and O–H groups in total. The van der Waals surface area contributed by atoms with Gasteiger partial charge in [0.25, 0.3) is 0 Å². The third kappa shape index (κ3) is 2.42. The van der Waals surface area contributed by atoms with Crippen molar-refractivity contribution < 1.29 is 9.84 Å². The lowest BCUT2D eigenvalue weighted by molar-refractivity contribution is 0.0980. The smallest absolute Gasteiger partial charge is 0.227 e. The van der Waals surface area contributed by atoms with Crippen molar-refractivity contribution in [3.05, 3.63) is 16.9 Å². The molecule has 0 spiro atoms. The van der Waals surface area contributed by atoms with E-state index >= 15 is 0 Å². The monoisotopic (exact) mass is 243 g/mol. The van der Waals surface area contributed by atoms with Crippen LogP contribution in [0, 0.1) is 0 Å². The van der Waals surface area contributed by atoms with Crippen molar-refractivity contribution in [3.63, 3.8) is 0 Å². The largest absolute Gasteiger partial charge is 0.390 e. The zero-order valence-electron chi connectivity index (χ0n) is 9.06. The number of anilines is 1. The van der Waals surface area contributed by atoms with E-state index in [0.29, 0.717) is 30.0 Å². The Bertz CT molecular complexity index is 375. The average molecular weight is 244 g/mol. The standard InChI is InChI=1S/C10H14ClN3O2/c1-7-6-16-3-2-14(7)10-12-8(5-15)4-9(11)13-10/h4,7,15H,2-3,5-6H2,1H3/t7-/m0/s1. The van der Waals surface area contributed by atoms with Gasteiger partial charge >= 0.3 is 0 Å². The molecule has 0 radical (unpaired) electrons. The first-order valence-electron chi connectivity index (χ1n) is 5.19. The second-order valence-corrected chi connectivity index (χ2v) is 4.14. The first-order valence-corrected chi connectivity index (χ1v) is 5.57. The first-order chi connectivity index (χ1) is 7.70. The molecule has 6 heteroatoms. The third-order valence-corrected chi connectivity index (χ3v) is 2.72. The Hall–Kier alpha value is -0.910. The fourth-order valence-corrected chi connectivity index (χ4v) is 1.89. The van der Waals surface area contributed by atoms with Crippen LogP contribution in [0.2, 0.25) is 5.15 Å². The molecule has 1 aromatic rings. The summed E-state index contributed by atoms with van der Waals surface area (Å²) < 4.78 is 5.34. The van der Waals surface area contributed by atoms with Crippen molar-refractivity contribution in [1.82, 2.24) is 9.97 Å². The second kappa shape index (κ2) is 4.95. The van der Waals surface area contributed by atoms with Gasteiger partial charge in [-0.1, -0.05) is 11.6 Å². The molecule has 0 unspecified atom stereocenters. The highest BCUT2D eigenvalue weighted by molar-refractivity contribution is 6.29. The molecule has 1 fully saturated rings. The third-order valence-electron chi connectivity index (χ3n) is 2.52. The maximum absolute atomic E-state index is 9.06. The van der Waals surface area contributed by atoms with E-state index in [-0.39, 0.29) is 12.6 Å². The summed E-state index contributed by atoms with van der Waals surface area (Å²) in [5.41, 5.74) is 0.536. The van der Waals surface area contributed by atoms with E-state index < -0.39 is 0 Å². The minimum absolute atomic E-state index is 0.131. The lowest BCUT2D eigenvalue weighted by atomic mass is 10.3. The van der Waals surface area contributed by atoms with E-state index in [9.17, 15) is 0 Å². The molecule has 88 valence electrons. The lowest BCUT2D eigenvalue weighted by Crippen LogP contribution is -2.44. The summed E-state index contributed by atoms with van der Waals surface area (Å²) in [7, 11) is 0. The molecular weight excluding hydrogens is 230 g/mol. The van der Waals surface area contributed by atoms with Gasteiger partial charge in [-0.15, -0.1) is 0 Å². The summed E-state index contributed by atoms with van der Waals surface area (Å²) in [6, 6.07) is 1.79. The maximum Gasteiger partial charge on any atom is 0.227 e. The van der Waals surface area contributed by atoms with Crippen molar-refractivity contribution >= 4 is 17.5 Å². The van der Waals surface area contributed by atoms with Crippen LogP contribution in [0.1, 0.15) is 12.6 Å². The minimum Gasteiger partial charge on any atom is -0.390 e. The van der Waals surface area contributed by atoms with Gasteiger partial charge in [-0.05, 0) is 13.0 Å². The molecule has 16 heavy (non-hydrogen) atoms. The number of hydrogen-bond donors (Lipinski definition) is 1. The van der Waals surface area contributed by atoms with E-state index in [4.69, 9.17) is 21.4 Å². The fraction of sp³-hybridized carbons (Fsp3) is 0.600. The van der Waals surface area contributed by atoms with Crippen molar-refractivity contribution in [2.75, 3.05) is 24.7 Å². The van der Waals surface area contributed by atoms with Crippen LogP contribution >= 0.6 is 11.6 Å². The Morgan fingerprint density at radius 2 is 2.44 bits per heavy atom. The molecule has 2 rings (SSSR count). The number of morpholine rings is 1. The molecule has 0 saturated carbocycles. The molecule has 0 aliphatic carbocycles. The number of ether oxygens (including phenoxy) is 1. The van der Waals surface area contributed by atoms with Crippen LogP contribution in [0.5, 0.6) is 0 Å². The van der Waals surface area contributed by atoms with Gasteiger partial charge in [-0.25, -0.2) is 9.97 Å². The maximum atomic E-state index is 9.06. The number of nitrogens with zero attached hydrogens (tertiary/aromatic N) is 3. The van der Waals surface area contributed by atoms with Gasteiger partial charge in [0.05, 0.1) is 31.6 Å².